The predicted octanol–water partition coefficient (Wildman–Crippen LogP) is 2.87. The lowest BCUT2D eigenvalue weighted by atomic mass is 9.91. The first-order valence-corrected chi connectivity index (χ1v) is 13.3. The number of esters is 1. The van der Waals surface area contributed by atoms with E-state index in [-0.39, 0.29) is 49.2 Å². The van der Waals surface area contributed by atoms with Gasteiger partial charge in [0.05, 0.1) is 5.66 Å². The van der Waals surface area contributed by atoms with Crippen LogP contribution in [0.2, 0.25) is 0 Å². The number of nitrogens with zero attached hydrogens (tertiary/aromatic N) is 3. The number of ether oxygens (including phenoxy) is 2. The third-order valence-electron chi connectivity index (χ3n) is 5.71. The Kier molecular flexibility index (Phi) is 10.5. The van der Waals surface area contributed by atoms with Crippen molar-refractivity contribution in [3.8, 4) is 0 Å². The molecule has 10 N–H and O–H groups in total. The van der Waals surface area contributed by atoms with Gasteiger partial charge in [-0.05, 0) is 17.5 Å². The molecule has 3 atom stereocenters. The van der Waals surface area contributed by atoms with Crippen LogP contribution in [0, 0.1) is 0 Å². The van der Waals surface area contributed by atoms with E-state index in [2.05, 4.69) is 15.0 Å². The third kappa shape index (κ3) is 7.70. The lowest BCUT2D eigenvalue weighted by molar-refractivity contribution is -0.152. The highest BCUT2D eigenvalue weighted by atomic mass is 31.2. The van der Waals surface area contributed by atoms with Crippen LogP contribution in [0.1, 0.15) is 30.9 Å². The van der Waals surface area contributed by atoms with Crippen molar-refractivity contribution in [3.05, 3.63) is 71.8 Å². The average molecular weight is 532 g/mol. The van der Waals surface area contributed by atoms with E-state index in [1.165, 1.54) is 0 Å². The first-order valence-electron chi connectivity index (χ1n) is 11.4. The Hall–Kier alpha value is -3.57. The number of hydrogen-bond donors (Lipinski definition) is 5. The lowest BCUT2D eigenvalue weighted by Crippen LogP contribution is -2.42. The number of carbonyl (C=O) groups is 1. The Morgan fingerprint density at radius 2 is 1.54 bits per heavy atom. The summed E-state index contributed by atoms with van der Waals surface area (Å²) in [6.45, 7) is 2.01. The molecule has 1 saturated heterocycles. The van der Waals surface area contributed by atoms with Crippen LogP contribution in [0.15, 0.2) is 60.7 Å². The molecule has 0 amide bonds. The molecule has 12 nitrogen and oxygen atoms in total. The highest BCUT2D eigenvalue weighted by molar-refractivity contribution is 7.58. The number of benzene rings is 2. The maximum atomic E-state index is 13.4. The topological polar surface area (TPSA) is 225 Å². The van der Waals surface area contributed by atoms with Gasteiger partial charge < -0.3 is 37.7 Å². The fourth-order valence-electron chi connectivity index (χ4n) is 4.10. The maximum absolute atomic E-state index is 13.4. The van der Waals surface area contributed by atoms with Crippen molar-refractivity contribution in [1.29, 1.82) is 0 Å². The second-order valence-corrected chi connectivity index (χ2v) is 10.7. The molecule has 4 rings (SSSR count). The molecule has 0 saturated carbocycles. The molecule has 2 aromatic carbocycles. The highest BCUT2D eigenvalue weighted by Crippen LogP contribution is 2.60. The first kappa shape index (κ1) is 29.7. The summed E-state index contributed by atoms with van der Waals surface area (Å²) >= 11 is 0. The van der Waals surface area contributed by atoms with Crippen LogP contribution in [0.4, 0.5) is 17.8 Å². The Morgan fingerprint density at radius 1 is 1.03 bits per heavy atom. The summed E-state index contributed by atoms with van der Waals surface area (Å²) in [6, 6.07) is 18.6. The molecule has 1 aliphatic rings. The zero-order chi connectivity index (χ0) is 26.2. The summed E-state index contributed by atoms with van der Waals surface area (Å²) in [5, 5.41) is 0. The summed E-state index contributed by atoms with van der Waals surface area (Å²) in [7, 11) is -3.63. The van der Waals surface area contributed by atoms with Crippen LogP contribution < -0.4 is 23.4 Å². The van der Waals surface area contributed by atoms with Gasteiger partial charge in [0.2, 0.25) is 25.2 Å². The Labute approximate surface area is 215 Å². The molecule has 0 radical (unpaired) electrons. The Bertz CT molecular complexity index is 1150. The number of aromatic nitrogens is 3. The monoisotopic (exact) mass is 531 g/mol. The van der Waals surface area contributed by atoms with E-state index < -0.39 is 18.6 Å². The predicted molar refractivity (Wildman–Crippen MR) is 142 cm³/mol. The largest absolute Gasteiger partial charge is 0.462 e. The molecular weight excluding hydrogens is 497 g/mol. The van der Waals surface area contributed by atoms with E-state index in [4.69, 9.17) is 26.7 Å². The van der Waals surface area contributed by atoms with Crippen molar-refractivity contribution in [2.45, 2.75) is 37.2 Å². The van der Waals surface area contributed by atoms with E-state index >= 15 is 0 Å². The zero-order valence-corrected chi connectivity index (χ0v) is 21.6. The van der Waals surface area contributed by atoms with Crippen molar-refractivity contribution >= 4 is 31.2 Å². The number of rotatable bonds is 7. The third-order valence-corrected chi connectivity index (χ3v) is 8.18. The minimum atomic E-state index is -3.63. The van der Waals surface area contributed by atoms with Gasteiger partial charge in [0, 0.05) is 19.2 Å². The second-order valence-electron chi connectivity index (χ2n) is 8.23. The smallest absolute Gasteiger partial charge is 0.305 e. The fourth-order valence-corrected chi connectivity index (χ4v) is 6.51. The quantitative estimate of drug-likeness (QED) is 0.219. The molecule has 0 bridgehead atoms. The van der Waals surface area contributed by atoms with Gasteiger partial charge in [-0.25, -0.2) is 0 Å². The van der Waals surface area contributed by atoms with Crippen LogP contribution in [-0.4, -0.2) is 44.7 Å². The second kappa shape index (κ2) is 13.1. The summed E-state index contributed by atoms with van der Waals surface area (Å²) < 4.78 is 24.9. The lowest BCUT2D eigenvalue weighted by Gasteiger charge is -2.36. The summed E-state index contributed by atoms with van der Waals surface area (Å²) in [5.74, 6) is -0.226. The van der Waals surface area contributed by atoms with Gasteiger partial charge >= 0.3 is 5.97 Å². The van der Waals surface area contributed by atoms with E-state index in [1.54, 1.807) is 6.92 Å². The molecule has 200 valence electrons. The van der Waals surface area contributed by atoms with Crippen LogP contribution >= 0.6 is 7.37 Å². The molecule has 13 heteroatoms. The van der Waals surface area contributed by atoms with E-state index in [0.717, 1.165) is 11.1 Å². The minimum Gasteiger partial charge on any atom is -0.462 e. The summed E-state index contributed by atoms with van der Waals surface area (Å²) in [5.41, 5.74) is 15.2. The van der Waals surface area contributed by atoms with Crippen LogP contribution in [-0.2, 0) is 30.6 Å². The molecule has 1 aromatic heterocycles. The Balaban J connectivity index is 0.000000408. The van der Waals surface area contributed by atoms with Gasteiger partial charge in [-0.3, -0.25) is 9.36 Å². The van der Waals surface area contributed by atoms with Gasteiger partial charge in [0.25, 0.3) is 0 Å². The molecule has 1 aliphatic heterocycles. The van der Waals surface area contributed by atoms with Crippen LogP contribution in [0.25, 0.3) is 0 Å². The maximum Gasteiger partial charge on any atom is 0.305 e. The standard InChI is InChI=1S/C21H25O5P.C3H6N6.H3N/c1-2-20(22)25-16-21(18-11-7-4-8-12-18)19(13-14-26-21)27(23,24)15-17-9-5-3-6-10-17;4-1-7-2(5)9-3(6)8-1;/h3-12,19H,2,13-16H2,1H3,(H,23,24);(H6,4,5,6,7,8,9);1H3. The molecular formula is C24H34N7O5P. The fraction of sp³-hybridized carbons (Fsp3) is 0.333. The van der Waals surface area contributed by atoms with Gasteiger partial charge in [0.15, 0.2) is 0 Å². The van der Waals surface area contributed by atoms with E-state index in [1.807, 2.05) is 60.7 Å². The molecule has 2 heterocycles. The van der Waals surface area contributed by atoms with Gasteiger partial charge in [-0.1, -0.05) is 67.6 Å². The van der Waals surface area contributed by atoms with Crippen molar-refractivity contribution in [1.82, 2.24) is 21.1 Å². The van der Waals surface area contributed by atoms with Crippen molar-refractivity contribution < 1.29 is 23.7 Å². The van der Waals surface area contributed by atoms with Crippen LogP contribution in [0.3, 0.4) is 0 Å². The number of nitrogens with two attached hydrogens (primary N) is 3. The van der Waals surface area contributed by atoms with Crippen molar-refractivity contribution in [2.75, 3.05) is 30.4 Å². The van der Waals surface area contributed by atoms with Crippen molar-refractivity contribution in [2.24, 2.45) is 0 Å². The van der Waals surface area contributed by atoms with Crippen molar-refractivity contribution in [3.63, 3.8) is 0 Å². The van der Waals surface area contributed by atoms with Gasteiger partial charge in [-0.15, -0.1) is 0 Å². The number of carbonyl (C=O) groups excluding carboxylic acids is 1. The van der Waals surface area contributed by atoms with Gasteiger partial charge in [0.1, 0.15) is 12.2 Å². The average Bonchev–Trinajstić information content (AvgIpc) is 3.29. The Morgan fingerprint density at radius 3 is 2.05 bits per heavy atom. The molecule has 3 aromatic rings. The minimum absolute atomic E-state index is 0. The van der Waals surface area contributed by atoms with Crippen LogP contribution in [0.5, 0.6) is 0 Å². The summed E-state index contributed by atoms with van der Waals surface area (Å²) in [6.07, 6.45) is 0.758. The van der Waals surface area contributed by atoms with E-state index in [9.17, 15) is 14.3 Å². The highest BCUT2D eigenvalue weighted by Gasteiger charge is 2.54. The first-order chi connectivity index (χ1) is 17.2. The molecule has 1 fully saturated rings. The van der Waals surface area contributed by atoms with Gasteiger partial charge in [-0.2, -0.15) is 15.0 Å². The molecule has 3 unspecified atom stereocenters. The normalized spacial score (nSPS) is 20.0. The number of anilines is 3. The SMILES string of the molecule is CCC(=O)OCC1(c2ccccc2)OCCC1P(=O)(O)Cc1ccccc1.N.Nc1nc(N)nc(N)n1. The molecule has 0 aliphatic carbocycles. The number of hydrogen-bond acceptors (Lipinski definition) is 11. The van der Waals surface area contributed by atoms with E-state index in [0.29, 0.717) is 13.0 Å². The molecule has 0 spiro atoms. The summed E-state index contributed by atoms with van der Waals surface area (Å²) in [4.78, 5) is 33.3. The molecule has 37 heavy (non-hydrogen) atoms. The zero-order valence-electron chi connectivity index (χ0n) is 20.7. The number of nitrogen functional groups attached to an aromatic ring is 3.